The van der Waals surface area contributed by atoms with E-state index in [1.165, 1.54) is 0 Å². The van der Waals surface area contributed by atoms with E-state index in [-0.39, 0.29) is 12.6 Å². The standard InChI is InChI=1S/C16H19IN4O3.C2H6/c17-21-16(18)20-15(24-10-11-4-2-1-3-5-11)14-7-6-12(19-14)8-13(23)9-22;1-2/h1-7,13,19,22-23H,8-10H2,(H2,18,21);1-2H3/b20-15+;. The van der Waals surface area contributed by atoms with Crippen LogP contribution in [0.4, 0.5) is 0 Å². The van der Waals surface area contributed by atoms with Crippen molar-refractivity contribution in [3.05, 3.63) is 59.4 Å². The molecule has 0 saturated carbocycles. The Hall–Kier alpha value is -1.91. The number of rotatable bonds is 6. The van der Waals surface area contributed by atoms with Crippen LogP contribution in [0.25, 0.3) is 0 Å². The molecule has 26 heavy (non-hydrogen) atoms. The second-order valence-corrected chi connectivity index (χ2v) is 5.55. The largest absolute Gasteiger partial charge is 0.471 e. The van der Waals surface area contributed by atoms with E-state index < -0.39 is 6.10 Å². The predicted molar refractivity (Wildman–Crippen MR) is 112 cm³/mol. The molecule has 0 saturated heterocycles. The second-order valence-electron chi connectivity index (χ2n) is 5.07. The smallest absolute Gasteiger partial charge is 0.241 e. The maximum atomic E-state index is 9.52. The number of halogens is 1. The average molecular weight is 472 g/mol. The van der Waals surface area contributed by atoms with E-state index in [0.29, 0.717) is 24.6 Å². The summed E-state index contributed by atoms with van der Waals surface area (Å²) in [7, 11) is 0. The van der Waals surface area contributed by atoms with Crippen molar-refractivity contribution in [2.45, 2.75) is 33.0 Å². The molecule has 142 valence electrons. The Morgan fingerprint density at radius 2 is 1.92 bits per heavy atom. The van der Waals surface area contributed by atoms with Gasteiger partial charge in [-0.1, -0.05) is 44.2 Å². The van der Waals surface area contributed by atoms with Gasteiger partial charge in [-0.05, 0) is 17.7 Å². The molecule has 7 nitrogen and oxygen atoms in total. The molecule has 8 heteroatoms. The Morgan fingerprint density at radius 1 is 1.23 bits per heavy atom. The zero-order valence-electron chi connectivity index (χ0n) is 14.9. The first-order chi connectivity index (χ1) is 12.6. The van der Waals surface area contributed by atoms with E-state index in [4.69, 9.17) is 15.6 Å². The van der Waals surface area contributed by atoms with Crippen LogP contribution in [-0.4, -0.2) is 39.8 Å². The summed E-state index contributed by atoms with van der Waals surface area (Å²) in [4.78, 5) is 7.27. The summed E-state index contributed by atoms with van der Waals surface area (Å²) in [6.45, 7) is 4.04. The van der Waals surface area contributed by atoms with Crippen molar-refractivity contribution < 1.29 is 14.9 Å². The summed E-state index contributed by atoms with van der Waals surface area (Å²) >= 11 is 1.76. The van der Waals surface area contributed by atoms with E-state index in [1.807, 2.05) is 44.2 Å². The summed E-state index contributed by atoms with van der Waals surface area (Å²) in [6, 6.07) is 13.3. The zero-order chi connectivity index (χ0) is 19.4. The van der Waals surface area contributed by atoms with Gasteiger partial charge < -0.3 is 25.7 Å². The number of nitrogens with one attached hydrogen (secondary N) is 1. The highest BCUT2D eigenvalue weighted by molar-refractivity contribution is 14.1. The number of aromatic amines is 1. The van der Waals surface area contributed by atoms with E-state index in [2.05, 4.69) is 13.2 Å². The number of nitrogens with two attached hydrogens (primary N) is 1. The summed E-state index contributed by atoms with van der Waals surface area (Å²) < 4.78 is 9.56. The number of ether oxygens (including phenoxy) is 1. The van der Waals surface area contributed by atoms with Crippen LogP contribution in [0, 0.1) is 0 Å². The van der Waals surface area contributed by atoms with Crippen molar-refractivity contribution in [3.63, 3.8) is 0 Å². The van der Waals surface area contributed by atoms with Crippen molar-refractivity contribution in [1.82, 2.24) is 4.98 Å². The molecule has 2 aromatic rings. The second kappa shape index (κ2) is 12.4. The van der Waals surface area contributed by atoms with Crippen molar-refractivity contribution in [2.75, 3.05) is 6.61 Å². The number of hydrogen-bond acceptors (Lipinski definition) is 4. The van der Waals surface area contributed by atoms with Gasteiger partial charge in [0.1, 0.15) is 12.3 Å². The van der Waals surface area contributed by atoms with Crippen molar-refractivity contribution in [2.24, 2.45) is 13.9 Å². The lowest BCUT2D eigenvalue weighted by atomic mass is 10.2. The molecule has 0 fully saturated rings. The molecular formula is C18H25IN4O3. The normalized spacial score (nSPS) is 13.0. The number of benzene rings is 1. The molecule has 1 unspecified atom stereocenters. The fourth-order valence-corrected chi connectivity index (χ4v) is 2.13. The molecule has 0 spiro atoms. The fraction of sp³-hybridized carbons (Fsp3) is 0.333. The van der Waals surface area contributed by atoms with E-state index in [1.54, 1.807) is 35.0 Å². The van der Waals surface area contributed by atoms with Gasteiger partial charge in [0.15, 0.2) is 0 Å². The minimum absolute atomic E-state index is 0.0882. The first-order valence-corrected chi connectivity index (χ1v) is 9.26. The Balaban J connectivity index is 0.00000163. The van der Waals surface area contributed by atoms with Gasteiger partial charge in [0.25, 0.3) is 0 Å². The van der Waals surface area contributed by atoms with Crippen LogP contribution in [0.2, 0.25) is 0 Å². The highest BCUT2D eigenvalue weighted by atomic mass is 127. The number of nitrogens with zero attached hydrogens (tertiary/aromatic N) is 2. The van der Waals surface area contributed by atoms with Gasteiger partial charge in [-0.2, -0.15) is 8.20 Å². The monoisotopic (exact) mass is 472 g/mol. The van der Waals surface area contributed by atoms with E-state index in [0.717, 1.165) is 11.3 Å². The van der Waals surface area contributed by atoms with E-state index >= 15 is 0 Å². The van der Waals surface area contributed by atoms with Crippen molar-refractivity contribution >= 4 is 34.7 Å². The summed E-state index contributed by atoms with van der Waals surface area (Å²) in [5.41, 5.74) is 8.05. The Morgan fingerprint density at radius 3 is 2.54 bits per heavy atom. The summed E-state index contributed by atoms with van der Waals surface area (Å²) in [5, 5.41) is 18.5. The molecule has 2 rings (SSSR count). The number of aliphatic hydroxyl groups is 2. The quantitative estimate of drug-likeness (QED) is 0.294. The molecule has 0 radical (unpaired) electrons. The van der Waals surface area contributed by atoms with E-state index in [9.17, 15) is 5.11 Å². The van der Waals surface area contributed by atoms with Gasteiger partial charge in [0, 0.05) is 12.1 Å². The lowest BCUT2D eigenvalue weighted by Crippen LogP contribution is -2.17. The van der Waals surface area contributed by atoms with Gasteiger partial charge >= 0.3 is 0 Å². The SMILES string of the molecule is CC.NC(=N\I)/N=C(/OCc1ccccc1)c1ccc(CC(O)CO)[nH]1. The zero-order valence-corrected chi connectivity index (χ0v) is 17.1. The molecule has 1 aromatic heterocycles. The number of aromatic nitrogens is 1. The van der Waals surface area contributed by atoms with Crippen molar-refractivity contribution in [3.8, 4) is 0 Å². The number of guanidine groups is 1. The van der Waals surface area contributed by atoms with Crippen molar-refractivity contribution in [1.29, 1.82) is 0 Å². The number of H-pyrrole nitrogens is 1. The number of aliphatic hydroxyl groups excluding tert-OH is 2. The minimum atomic E-state index is -0.817. The molecule has 1 atom stereocenters. The Bertz CT molecular complexity index is 701. The van der Waals surface area contributed by atoms with Gasteiger partial charge in [-0.3, -0.25) is 0 Å². The topological polar surface area (TPSA) is 116 Å². The van der Waals surface area contributed by atoms with Crippen LogP contribution >= 0.6 is 22.9 Å². The summed E-state index contributed by atoms with van der Waals surface area (Å²) in [5.74, 6) is 0.395. The van der Waals surface area contributed by atoms with Crippen LogP contribution in [0.3, 0.4) is 0 Å². The molecule has 0 aliphatic carbocycles. The Kier molecular flexibility index (Phi) is 10.6. The summed E-state index contributed by atoms with van der Waals surface area (Å²) in [6.07, 6.45) is -0.513. The Labute approximate surface area is 167 Å². The first-order valence-electron chi connectivity index (χ1n) is 8.29. The molecule has 5 N–H and O–H groups in total. The minimum Gasteiger partial charge on any atom is -0.471 e. The van der Waals surface area contributed by atoms with Crippen LogP contribution in [-0.2, 0) is 17.8 Å². The maximum absolute atomic E-state index is 9.52. The third-order valence-corrected chi connectivity index (χ3v) is 3.66. The first kappa shape index (κ1) is 22.1. The molecule has 0 amide bonds. The number of hydrogen-bond donors (Lipinski definition) is 4. The fourth-order valence-electron chi connectivity index (χ4n) is 2.02. The van der Waals surface area contributed by atoms with Gasteiger partial charge in [-0.15, -0.1) is 0 Å². The third kappa shape index (κ3) is 7.54. The van der Waals surface area contributed by atoms with Gasteiger partial charge in [-0.25, -0.2) is 0 Å². The third-order valence-electron chi connectivity index (χ3n) is 3.16. The van der Waals surface area contributed by atoms with Crippen LogP contribution in [0.5, 0.6) is 0 Å². The molecule has 0 bridgehead atoms. The predicted octanol–water partition coefficient (Wildman–Crippen LogP) is 2.56. The molecule has 0 aliphatic heterocycles. The molecular weight excluding hydrogens is 447 g/mol. The highest BCUT2D eigenvalue weighted by Crippen LogP contribution is 2.10. The molecule has 1 heterocycles. The van der Waals surface area contributed by atoms with Crippen LogP contribution in [0.15, 0.2) is 50.7 Å². The average Bonchev–Trinajstić information content (AvgIpc) is 3.15. The lowest BCUT2D eigenvalue weighted by Gasteiger charge is -2.09. The number of aliphatic imine (C=N–C) groups is 1. The highest BCUT2D eigenvalue weighted by Gasteiger charge is 2.12. The molecule has 0 aliphatic rings. The lowest BCUT2D eigenvalue weighted by molar-refractivity contribution is 0.0948. The van der Waals surface area contributed by atoms with Crippen LogP contribution in [0.1, 0.15) is 30.8 Å². The maximum Gasteiger partial charge on any atom is 0.241 e. The van der Waals surface area contributed by atoms with Gasteiger partial charge in [0.2, 0.25) is 11.9 Å². The molecule has 1 aromatic carbocycles. The van der Waals surface area contributed by atoms with Crippen LogP contribution < -0.4 is 5.73 Å². The van der Waals surface area contributed by atoms with Gasteiger partial charge in [0.05, 0.1) is 35.6 Å².